The van der Waals surface area contributed by atoms with Crippen LogP contribution in [0.5, 0.6) is 0 Å². The quantitative estimate of drug-likeness (QED) is 0.737. The van der Waals surface area contributed by atoms with E-state index in [2.05, 4.69) is 19.2 Å². The van der Waals surface area contributed by atoms with E-state index in [1.54, 1.807) is 0 Å². The number of nitrogens with two attached hydrogens (primary N) is 1. The Labute approximate surface area is 104 Å². The van der Waals surface area contributed by atoms with E-state index in [4.69, 9.17) is 10.5 Å². The van der Waals surface area contributed by atoms with E-state index in [9.17, 15) is 4.79 Å². The monoisotopic (exact) mass is 242 g/mol. The molecular formula is C13H26N2O2. The van der Waals surface area contributed by atoms with Crippen molar-refractivity contribution in [1.29, 1.82) is 0 Å². The van der Waals surface area contributed by atoms with Crippen LogP contribution in [0.15, 0.2) is 0 Å². The number of nitrogens with one attached hydrogen (secondary N) is 1. The number of rotatable bonds is 6. The van der Waals surface area contributed by atoms with E-state index < -0.39 is 0 Å². The van der Waals surface area contributed by atoms with Gasteiger partial charge in [-0.05, 0) is 19.3 Å². The van der Waals surface area contributed by atoms with Gasteiger partial charge in [-0.25, -0.2) is 0 Å². The second kappa shape index (κ2) is 5.36. The van der Waals surface area contributed by atoms with Gasteiger partial charge in [0, 0.05) is 18.1 Å². The smallest absolute Gasteiger partial charge is 0.234 e. The molecule has 0 aromatic carbocycles. The summed E-state index contributed by atoms with van der Waals surface area (Å²) in [5.74, 6) is -0.0508. The lowest BCUT2D eigenvalue weighted by Crippen LogP contribution is -2.65. The molecule has 4 heteroatoms. The summed E-state index contributed by atoms with van der Waals surface area (Å²) in [6, 6.07) is 0.0563. The molecule has 0 aromatic heterocycles. The molecule has 1 saturated carbocycles. The molecule has 3 unspecified atom stereocenters. The molecule has 3 N–H and O–H groups in total. The fraction of sp³-hybridized carbons (Fsp3) is 0.923. The maximum absolute atomic E-state index is 11.4. The van der Waals surface area contributed by atoms with E-state index in [0.717, 1.165) is 13.0 Å². The first-order valence-electron chi connectivity index (χ1n) is 6.47. The first-order chi connectivity index (χ1) is 7.80. The van der Waals surface area contributed by atoms with Gasteiger partial charge in [-0.3, -0.25) is 4.79 Å². The largest absolute Gasteiger partial charge is 0.378 e. The van der Waals surface area contributed by atoms with Crippen molar-refractivity contribution in [1.82, 2.24) is 5.32 Å². The topological polar surface area (TPSA) is 64.3 Å². The summed E-state index contributed by atoms with van der Waals surface area (Å²) in [6.07, 6.45) is 1.24. The zero-order valence-electron chi connectivity index (χ0n) is 11.6. The molecule has 17 heavy (non-hydrogen) atoms. The summed E-state index contributed by atoms with van der Waals surface area (Å²) in [7, 11) is 0. The summed E-state index contributed by atoms with van der Waals surface area (Å²) in [5.41, 5.74) is 5.48. The van der Waals surface area contributed by atoms with Crippen LogP contribution in [-0.4, -0.2) is 30.7 Å². The van der Waals surface area contributed by atoms with Gasteiger partial charge >= 0.3 is 0 Å². The summed E-state index contributed by atoms with van der Waals surface area (Å²) in [6.45, 7) is 11.1. The van der Waals surface area contributed by atoms with Crippen molar-refractivity contribution in [3.05, 3.63) is 0 Å². The SMILES string of the molecule is CCOC1CC(NC(C(N)=O)C(C)C)C1(C)C. The van der Waals surface area contributed by atoms with Crippen molar-refractivity contribution in [3.8, 4) is 0 Å². The Morgan fingerprint density at radius 1 is 1.53 bits per heavy atom. The Bertz CT molecular complexity index is 277. The highest BCUT2D eigenvalue weighted by Gasteiger charge is 2.49. The summed E-state index contributed by atoms with van der Waals surface area (Å²) in [4.78, 5) is 11.4. The van der Waals surface area contributed by atoms with Gasteiger partial charge in [0.25, 0.3) is 0 Å². The van der Waals surface area contributed by atoms with Gasteiger partial charge in [-0.2, -0.15) is 0 Å². The molecule has 0 heterocycles. The third-order valence-corrected chi connectivity index (χ3v) is 3.90. The van der Waals surface area contributed by atoms with Crippen molar-refractivity contribution in [3.63, 3.8) is 0 Å². The highest BCUT2D eigenvalue weighted by Crippen LogP contribution is 2.43. The van der Waals surface area contributed by atoms with Crippen molar-refractivity contribution in [2.45, 2.75) is 59.2 Å². The molecule has 0 aromatic rings. The summed E-state index contributed by atoms with van der Waals surface area (Å²) in [5, 5.41) is 3.38. The number of carbonyl (C=O) groups is 1. The van der Waals surface area contributed by atoms with E-state index in [1.807, 2.05) is 20.8 Å². The lowest BCUT2D eigenvalue weighted by Gasteiger charge is -2.53. The van der Waals surface area contributed by atoms with Crippen LogP contribution in [0.25, 0.3) is 0 Å². The van der Waals surface area contributed by atoms with Crippen LogP contribution in [-0.2, 0) is 9.53 Å². The van der Waals surface area contributed by atoms with Gasteiger partial charge in [-0.1, -0.05) is 27.7 Å². The number of hydrogen-bond acceptors (Lipinski definition) is 3. The molecule has 0 bridgehead atoms. The minimum atomic E-state index is -0.268. The van der Waals surface area contributed by atoms with E-state index in [-0.39, 0.29) is 29.4 Å². The molecule has 1 rings (SSSR count). The average molecular weight is 242 g/mol. The van der Waals surface area contributed by atoms with Crippen LogP contribution in [0.4, 0.5) is 0 Å². The van der Waals surface area contributed by atoms with E-state index in [1.165, 1.54) is 0 Å². The van der Waals surface area contributed by atoms with E-state index >= 15 is 0 Å². The molecule has 4 nitrogen and oxygen atoms in total. The molecule has 1 aliphatic carbocycles. The van der Waals surface area contributed by atoms with Crippen molar-refractivity contribution in [2.24, 2.45) is 17.1 Å². The Hall–Kier alpha value is -0.610. The molecule has 1 aliphatic rings. The van der Waals surface area contributed by atoms with Crippen LogP contribution in [0, 0.1) is 11.3 Å². The summed E-state index contributed by atoms with van der Waals surface area (Å²) >= 11 is 0. The van der Waals surface area contributed by atoms with Gasteiger partial charge in [0.2, 0.25) is 5.91 Å². The average Bonchev–Trinajstić information content (AvgIpc) is 2.21. The Morgan fingerprint density at radius 3 is 2.47 bits per heavy atom. The zero-order valence-corrected chi connectivity index (χ0v) is 11.6. The van der Waals surface area contributed by atoms with Gasteiger partial charge < -0.3 is 15.8 Å². The van der Waals surface area contributed by atoms with Gasteiger partial charge in [0.1, 0.15) is 0 Å². The van der Waals surface area contributed by atoms with E-state index in [0.29, 0.717) is 6.04 Å². The molecule has 100 valence electrons. The number of carbonyl (C=O) groups excluding carboxylic acids is 1. The maximum atomic E-state index is 11.4. The third-order valence-electron chi connectivity index (χ3n) is 3.90. The standard InChI is InChI=1S/C13H26N2O2/c1-6-17-10-7-9(13(10,4)5)15-11(8(2)3)12(14)16/h8-11,15H,6-7H2,1-5H3,(H2,14,16). The van der Waals surface area contributed by atoms with Gasteiger partial charge in [-0.15, -0.1) is 0 Å². The zero-order chi connectivity index (χ0) is 13.2. The molecule has 1 amide bonds. The molecule has 0 radical (unpaired) electrons. The van der Waals surface area contributed by atoms with Crippen LogP contribution < -0.4 is 11.1 Å². The lowest BCUT2D eigenvalue weighted by molar-refractivity contribution is -0.130. The molecule has 0 saturated heterocycles. The predicted octanol–water partition coefficient (Wildman–Crippen LogP) is 1.29. The number of primary amides is 1. The van der Waals surface area contributed by atoms with Crippen molar-refractivity contribution in [2.75, 3.05) is 6.61 Å². The Kier molecular flexibility index (Phi) is 4.55. The molecule has 3 atom stereocenters. The molecule has 0 spiro atoms. The highest BCUT2D eigenvalue weighted by molar-refractivity contribution is 5.80. The van der Waals surface area contributed by atoms with Crippen LogP contribution >= 0.6 is 0 Å². The second-order valence-electron chi connectivity index (χ2n) is 5.84. The normalized spacial score (nSPS) is 28.8. The van der Waals surface area contributed by atoms with Crippen molar-refractivity contribution < 1.29 is 9.53 Å². The Morgan fingerprint density at radius 2 is 2.12 bits per heavy atom. The van der Waals surface area contributed by atoms with Crippen LogP contribution in [0.3, 0.4) is 0 Å². The number of hydrogen-bond donors (Lipinski definition) is 2. The Balaban J connectivity index is 2.57. The fourth-order valence-electron chi connectivity index (χ4n) is 2.47. The first kappa shape index (κ1) is 14.5. The minimum Gasteiger partial charge on any atom is -0.378 e. The van der Waals surface area contributed by atoms with Crippen molar-refractivity contribution >= 4 is 5.91 Å². The van der Waals surface area contributed by atoms with Crippen LogP contribution in [0.2, 0.25) is 0 Å². The fourth-order valence-corrected chi connectivity index (χ4v) is 2.47. The molecular weight excluding hydrogens is 216 g/mol. The molecule has 1 fully saturated rings. The minimum absolute atomic E-state index is 0.0681. The van der Waals surface area contributed by atoms with Gasteiger partial charge in [0.15, 0.2) is 0 Å². The van der Waals surface area contributed by atoms with Crippen LogP contribution in [0.1, 0.15) is 41.0 Å². The second-order valence-corrected chi connectivity index (χ2v) is 5.84. The number of amides is 1. The summed E-state index contributed by atoms with van der Waals surface area (Å²) < 4.78 is 5.67. The first-order valence-corrected chi connectivity index (χ1v) is 6.47. The highest BCUT2D eigenvalue weighted by atomic mass is 16.5. The lowest BCUT2D eigenvalue weighted by atomic mass is 9.64. The maximum Gasteiger partial charge on any atom is 0.234 e. The van der Waals surface area contributed by atoms with Gasteiger partial charge in [0.05, 0.1) is 12.1 Å². The number of ether oxygens (including phenoxy) is 1. The molecule has 0 aliphatic heterocycles. The predicted molar refractivity (Wildman–Crippen MR) is 68.6 cm³/mol. The third kappa shape index (κ3) is 2.99.